The Hall–Kier alpha value is -7.69. The van der Waals surface area contributed by atoms with Crippen molar-refractivity contribution in [2.45, 2.75) is 0 Å². The van der Waals surface area contributed by atoms with Crippen LogP contribution in [0.25, 0.3) is 83.1 Å². The summed E-state index contributed by atoms with van der Waals surface area (Å²) in [4.78, 5) is 7.39. The number of benzene rings is 9. The van der Waals surface area contributed by atoms with Crippen LogP contribution in [0.5, 0.6) is 0 Å². The number of para-hydroxylation sites is 2. The Kier molecular flexibility index (Phi) is 7.78. The van der Waals surface area contributed by atoms with Gasteiger partial charge in [-0.15, -0.1) is 0 Å². The van der Waals surface area contributed by atoms with Gasteiger partial charge in [-0.2, -0.15) is 0 Å². The summed E-state index contributed by atoms with van der Waals surface area (Å²) in [6.07, 6.45) is 0. The first-order valence-electron chi connectivity index (χ1n) is 19.3. The summed E-state index contributed by atoms with van der Waals surface area (Å²) in [5, 5.41) is 4.65. The average Bonchev–Trinajstić information content (AvgIpc) is 3.88. The second kappa shape index (κ2) is 13.6. The van der Waals surface area contributed by atoms with Gasteiger partial charge in [-0.05, 0) is 94.9 Å². The number of fused-ring (bicyclic) bond motifs is 6. The first kappa shape index (κ1) is 32.7. The van der Waals surface area contributed by atoms with Gasteiger partial charge in [0.15, 0.2) is 5.58 Å². The maximum absolute atomic E-state index is 6.60. The third kappa shape index (κ3) is 5.66. The number of nitrogens with zero attached hydrogens (tertiary/aromatic N) is 3. The number of aromatic nitrogens is 2. The zero-order chi connectivity index (χ0) is 37.7. The Morgan fingerprint density at radius 1 is 0.404 bits per heavy atom. The Bertz CT molecular complexity index is 3200. The smallest absolute Gasteiger partial charge is 0.227 e. The molecule has 0 bridgehead atoms. The molecule has 9 aromatic carbocycles. The van der Waals surface area contributed by atoms with Crippen LogP contribution in [0.15, 0.2) is 217 Å². The Balaban J connectivity index is 1.07. The molecule has 11 rings (SSSR count). The number of oxazole rings is 1. The van der Waals surface area contributed by atoms with Gasteiger partial charge in [0, 0.05) is 50.0 Å². The van der Waals surface area contributed by atoms with Gasteiger partial charge in [-0.25, -0.2) is 4.98 Å². The van der Waals surface area contributed by atoms with Crippen molar-refractivity contribution < 1.29 is 4.42 Å². The van der Waals surface area contributed by atoms with Crippen LogP contribution < -0.4 is 4.90 Å². The first-order chi connectivity index (χ1) is 28.3. The SMILES string of the molecule is c1ccc(-c2ccc(N(c3ccc(-c4cc5ccccc5c5nc(-c6ccccc6)oc45)cc3)c3ccc4c5ccccc5n(-c5ccccc5)c4c3)cc2)cc1. The van der Waals surface area contributed by atoms with Crippen LogP contribution in [0.2, 0.25) is 0 Å². The minimum absolute atomic E-state index is 0.619. The van der Waals surface area contributed by atoms with E-state index < -0.39 is 0 Å². The highest BCUT2D eigenvalue weighted by Crippen LogP contribution is 2.42. The maximum Gasteiger partial charge on any atom is 0.227 e. The summed E-state index contributed by atoms with van der Waals surface area (Å²) >= 11 is 0. The summed E-state index contributed by atoms with van der Waals surface area (Å²) in [6.45, 7) is 0. The molecule has 0 aliphatic rings. The van der Waals surface area contributed by atoms with Crippen molar-refractivity contribution in [2.24, 2.45) is 0 Å². The molecule has 2 heterocycles. The Morgan fingerprint density at radius 2 is 0.947 bits per heavy atom. The van der Waals surface area contributed by atoms with E-state index in [4.69, 9.17) is 9.40 Å². The summed E-state index contributed by atoms with van der Waals surface area (Å²) in [6, 6.07) is 75.2. The van der Waals surface area contributed by atoms with Crippen LogP contribution in [0.1, 0.15) is 0 Å². The van der Waals surface area contributed by atoms with Gasteiger partial charge in [-0.1, -0.05) is 140 Å². The zero-order valence-electron chi connectivity index (χ0n) is 31.0. The molecule has 11 aromatic rings. The molecular formula is C53H35N3O. The second-order valence-electron chi connectivity index (χ2n) is 14.4. The lowest BCUT2D eigenvalue weighted by atomic mass is 9.99. The highest BCUT2D eigenvalue weighted by atomic mass is 16.3. The van der Waals surface area contributed by atoms with Gasteiger partial charge >= 0.3 is 0 Å². The monoisotopic (exact) mass is 729 g/mol. The summed E-state index contributed by atoms with van der Waals surface area (Å²) in [5.41, 5.74) is 13.7. The van der Waals surface area contributed by atoms with Crippen LogP contribution >= 0.6 is 0 Å². The lowest BCUT2D eigenvalue weighted by molar-refractivity contribution is 0.621. The normalized spacial score (nSPS) is 11.5. The number of anilines is 3. The maximum atomic E-state index is 6.60. The number of hydrogen-bond donors (Lipinski definition) is 0. The molecular weight excluding hydrogens is 695 g/mol. The van der Waals surface area contributed by atoms with Crippen molar-refractivity contribution in [2.75, 3.05) is 4.90 Å². The van der Waals surface area contributed by atoms with E-state index in [2.05, 4.69) is 191 Å². The molecule has 0 saturated heterocycles. The number of rotatable bonds is 7. The Labute approximate surface area is 330 Å². The molecule has 0 spiro atoms. The Morgan fingerprint density at radius 3 is 1.67 bits per heavy atom. The van der Waals surface area contributed by atoms with Crippen LogP contribution in [0, 0.1) is 0 Å². The van der Waals surface area contributed by atoms with E-state index in [9.17, 15) is 0 Å². The molecule has 0 radical (unpaired) electrons. The van der Waals surface area contributed by atoms with E-state index >= 15 is 0 Å². The van der Waals surface area contributed by atoms with Gasteiger partial charge in [0.2, 0.25) is 5.89 Å². The predicted octanol–water partition coefficient (Wildman–Crippen LogP) is 14.5. The van der Waals surface area contributed by atoms with E-state index in [0.29, 0.717) is 5.89 Å². The van der Waals surface area contributed by atoms with Crippen LogP contribution in [-0.4, -0.2) is 9.55 Å². The molecule has 0 N–H and O–H groups in total. The van der Waals surface area contributed by atoms with Gasteiger partial charge in [-0.3, -0.25) is 0 Å². The average molecular weight is 730 g/mol. The highest BCUT2D eigenvalue weighted by molar-refractivity contribution is 6.11. The van der Waals surface area contributed by atoms with Crippen molar-refractivity contribution in [3.8, 4) is 39.4 Å². The predicted molar refractivity (Wildman–Crippen MR) is 237 cm³/mol. The van der Waals surface area contributed by atoms with E-state index in [1.54, 1.807) is 0 Å². The third-order valence-corrected chi connectivity index (χ3v) is 11.0. The van der Waals surface area contributed by atoms with Gasteiger partial charge < -0.3 is 13.9 Å². The van der Waals surface area contributed by atoms with Crippen LogP contribution in [-0.2, 0) is 0 Å². The summed E-state index contributed by atoms with van der Waals surface area (Å²) < 4.78 is 8.98. The van der Waals surface area contributed by atoms with Crippen molar-refractivity contribution in [1.82, 2.24) is 9.55 Å². The molecule has 0 atom stereocenters. The van der Waals surface area contributed by atoms with E-state index in [1.165, 1.54) is 27.4 Å². The molecule has 0 aliphatic heterocycles. The molecule has 4 heteroatoms. The van der Waals surface area contributed by atoms with Gasteiger partial charge in [0.05, 0.1) is 11.0 Å². The third-order valence-electron chi connectivity index (χ3n) is 11.0. The fourth-order valence-electron chi connectivity index (χ4n) is 8.29. The van der Waals surface area contributed by atoms with Gasteiger partial charge in [0.1, 0.15) is 5.52 Å². The number of hydrogen-bond acceptors (Lipinski definition) is 3. The minimum Gasteiger partial charge on any atom is -0.435 e. The summed E-state index contributed by atoms with van der Waals surface area (Å²) in [7, 11) is 0. The molecule has 57 heavy (non-hydrogen) atoms. The second-order valence-corrected chi connectivity index (χ2v) is 14.4. The van der Waals surface area contributed by atoms with E-state index in [0.717, 1.165) is 66.8 Å². The minimum atomic E-state index is 0.619. The molecule has 0 unspecified atom stereocenters. The molecule has 0 aliphatic carbocycles. The lowest BCUT2D eigenvalue weighted by Gasteiger charge is -2.26. The summed E-state index contributed by atoms with van der Waals surface area (Å²) in [5.74, 6) is 0.619. The van der Waals surface area contributed by atoms with E-state index in [1.807, 2.05) is 30.3 Å². The fourth-order valence-corrected chi connectivity index (χ4v) is 8.29. The fraction of sp³-hybridized carbons (Fsp3) is 0. The molecule has 0 saturated carbocycles. The lowest BCUT2D eigenvalue weighted by Crippen LogP contribution is -2.10. The topological polar surface area (TPSA) is 34.2 Å². The van der Waals surface area contributed by atoms with Crippen LogP contribution in [0.3, 0.4) is 0 Å². The van der Waals surface area contributed by atoms with Crippen molar-refractivity contribution in [3.05, 3.63) is 212 Å². The molecule has 0 amide bonds. The molecule has 268 valence electrons. The van der Waals surface area contributed by atoms with Gasteiger partial charge in [0.25, 0.3) is 0 Å². The highest BCUT2D eigenvalue weighted by Gasteiger charge is 2.20. The van der Waals surface area contributed by atoms with Crippen molar-refractivity contribution >= 4 is 60.7 Å². The quantitative estimate of drug-likeness (QED) is 0.164. The largest absolute Gasteiger partial charge is 0.435 e. The first-order valence-corrected chi connectivity index (χ1v) is 19.3. The van der Waals surface area contributed by atoms with Crippen molar-refractivity contribution in [1.29, 1.82) is 0 Å². The molecule has 4 nitrogen and oxygen atoms in total. The molecule has 2 aromatic heterocycles. The zero-order valence-corrected chi connectivity index (χ0v) is 31.0. The molecule has 0 fully saturated rings. The van der Waals surface area contributed by atoms with E-state index in [-0.39, 0.29) is 0 Å². The van der Waals surface area contributed by atoms with Crippen LogP contribution in [0.4, 0.5) is 17.1 Å². The standard InChI is InChI=1S/C53H35N3O/c1-4-14-36(15-5-1)37-24-28-42(29-25-37)55(44-32-33-47-46-22-12-13-23-49(46)56(50(47)35-44)41-19-8-3-9-20-41)43-30-26-38(27-31-43)48-34-40-18-10-11-21-45(40)51-52(48)57-53(54-51)39-16-6-2-7-17-39/h1-35H. The van der Waals surface area contributed by atoms with Crippen molar-refractivity contribution in [3.63, 3.8) is 0 Å².